The standard InChI is InChI=1S/C20H24O3/c1-12-13-5-6-17-19(2,8-4-9-20(17,3)18(21)22)15(13)11-16-14(12)7-10-23-16/h7,10-11,17H,4-6,8-9H2,1-3H3,(H,21,22)/t17-,19-,20-/m1/s1. The fourth-order valence-corrected chi connectivity index (χ4v) is 5.54. The van der Waals surface area contributed by atoms with Gasteiger partial charge in [-0.2, -0.15) is 0 Å². The van der Waals surface area contributed by atoms with E-state index < -0.39 is 11.4 Å². The molecular weight excluding hydrogens is 288 g/mol. The molecule has 3 atom stereocenters. The summed E-state index contributed by atoms with van der Waals surface area (Å²) in [5.41, 5.74) is 4.33. The Balaban J connectivity index is 1.94. The molecule has 1 aromatic heterocycles. The van der Waals surface area contributed by atoms with Gasteiger partial charge in [0.2, 0.25) is 0 Å². The lowest BCUT2D eigenvalue weighted by molar-refractivity contribution is -0.157. The number of aliphatic carboxylic acids is 1. The largest absolute Gasteiger partial charge is 0.481 e. The van der Waals surface area contributed by atoms with Crippen LogP contribution in [-0.2, 0) is 16.6 Å². The number of furan rings is 1. The van der Waals surface area contributed by atoms with Gasteiger partial charge in [-0.3, -0.25) is 4.79 Å². The van der Waals surface area contributed by atoms with Crippen LogP contribution in [0.1, 0.15) is 56.2 Å². The van der Waals surface area contributed by atoms with Crippen molar-refractivity contribution in [2.45, 2.75) is 58.3 Å². The molecule has 1 saturated carbocycles. The van der Waals surface area contributed by atoms with Gasteiger partial charge in [-0.15, -0.1) is 0 Å². The lowest BCUT2D eigenvalue weighted by Gasteiger charge is -2.53. The van der Waals surface area contributed by atoms with Crippen molar-refractivity contribution in [3.8, 4) is 0 Å². The van der Waals surface area contributed by atoms with E-state index in [1.54, 1.807) is 6.26 Å². The molecule has 1 fully saturated rings. The third kappa shape index (κ3) is 1.79. The molecule has 4 rings (SSSR count). The molecule has 0 amide bonds. The van der Waals surface area contributed by atoms with Crippen molar-refractivity contribution >= 4 is 16.9 Å². The van der Waals surface area contributed by atoms with E-state index in [0.29, 0.717) is 0 Å². The first kappa shape index (κ1) is 14.8. The molecule has 122 valence electrons. The molecule has 2 aliphatic rings. The maximum Gasteiger partial charge on any atom is 0.309 e. The average molecular weight is 312 g/mol. The summed E-state index contributed by atoms with van der Waals surface area (Å²) >= 11 is 0. The molecule has 0 bridgehead atoms. The summed E-state index contributed by atoms with van der Waals surface area (Å²) in [5, 5.41) is 11.1. The second-order valence-electron chi connectivity index (χ2n) is 7.94. The van der Waals surface area contributed by atoms with Crippen LogP contribution in [0.25, 0.3) is 11.0 Å². The van der Waals surface area contributed by atoms with Crippen LogP contribution in [0, 0.1) is 18.3 Å². The van der Waals surface area contributed by atoms with Gasteiger partial charge >= 0.3 is 5.97 Å². The predicted molar refractivity (Wildman–Crippen MR) is 89.7 cm³/mol. The second kappa shape index (κ2) is 4.62. The highest BCUT2D eigenvalue weighted by Gasteiger charge is 2.55. The molecule has 1 N–H and O–H groups in total. The number of benzene rings is 1. The Hall–Kier alpha value is -1.77. The lowest BCUT2D eigenvalue weighted by atomic mass is 9.49. The molecule has 0 spiro atoms. The van der Waals surface area contributed by atoms with Crippen molar-refractivity contribution in [1.82, 2.24) is 0 Å². The number of fused-ring (bicyclic) bond motifs is 4. The van der Waals surface area contributed by atoms with Crippen LogP contribution >= 0.6 is 0 Å². The Morgan fingerprint density at radius 3 is 2.87 bits per heavy atom. The molecule has 0 radical (unpaired) electrons. The van der Waals surface area contributed by atoms with E-state index >= 15 is 0 Å². The zero-order valence-electron chi connectivity index (χ0n) is 14.1. The van der Waals surface area contributed by atoms with Gasteiger partial charge < -0.3 is 9.52 Å². The van der Waals surface area contributed by atoms with Crippen molar-refractivity contribution in [3.05, 3.63) is 35.1 Å². The summed E-state index contributed by atoms with van der Waals surface area (Å²) in [4.78, 5) is 12.0. The zero-order chi connectivity index (χ0) is 16.4. The van der Waals surface area contributed by atoms with Gasteiger partial charge in [0.1, 0.15) is 5.58 Å². The Bertz CT molecular complexity index is 803. The molecule has 0 saturated heterocycles. The molecule has 3 heteroatoms. The Kier molecular flexibility index (Phi) is 2.97. The summed E-state index contributed by atoms with van der Waals surface area (Å²) in [6, 6.07) is 4.24. The van der Waals surface area contributed by atoms with Crippen LogP contribution in [0.3, 0.4) is 0 Å². The molecule has 2 aromatic rings. The van der Waals surface area contributed by atoms with E-state index in [4.69, 9.17) is 4.42 Å². The number of rotatable bonds is 1. The minimum absolute atomic E-state index is 0.0648. The molecule has 2 aliphatic carbocycles. The molecule has 1 aromatic carbocycles. The Morgan fingerprint density at radius 1 is 1.35 bits per heavy atom. The summed E-state index contributed by atoms with van der Waals surface area (Å²) in [6.07, 6.45) is 6.54. The van der Waals surface area contributed by atoms with Gasteiger partial charge in [0.25, 0.3) is 0 Å². The fourth-order valence-electron chi connectivity index (χ4n) is 5.54. The monoisotopic (exact) mass is 312 g/mol. The van der Waals surface area contributed by atoms with E-state index in [9.17, 15) is 9.90 Å². The van der Waals surface area contributed by atoms with Crippen LogP contribution in [0.15, 0.2) is 22.8 Å². The SMILES string of the molecule is Cc1c2c(cc3occc13)[C@@]1(C)CCC[C@@](C)(C(=O)O)[C@@H]1CC2. The Labute approximate surface area is 136 Å². The third-order valence-electron chi connectivity index (χ3n) is 6.87. The topological polar surface area (TPSA) is 50.4 Å². The van der Waals surface area contributed by atoms with Crippen LogP contribution < -0.4 is 0 Å². The molecule has 3 nitrogen and oxygen atoms in total. The highest BCUT2D eigenvalue weighted by molar-refractivity contribution is 5.84. The fraction of sp³-hybridized carbons (Fsp3) is 0.550. The molecular formula is C20H24O3. The number of carboxylic acid groups (broad SMARTS) is 1. The van der Waals surface area contributed by atoms with E-state index in [2.05, 4.69) is 19.9 Å². The van der Waals surface area contributed by atoms with E-state index in [1.807, 2.05) is 13.0 Å². The minimum Gasteiger partial charge on any atom is -0.481 e. The van der Waals surface area contributed by atoms with Crippen molar-refractivity contribution in [1.29, 1.82) is 0 Å². The van der Waals surface area contributed by atoms with E-state index in [-0.39, 0.29) is 11.3 Å². The number of carboxylic acids is 1. The van der Waals surface area contributed by atoms with Crippen molar-refractivity contribution < 1.29 is 14.3 Å². The number of hydrogen-bond donors (Lipinski definition) is 1. The highest BCUT2D eigenvalue weighted by atomic mass is 16.4. The molecule has 0 aliphatic heterocycles. The van der Waals surface area contributed by atoms with Gasteiger partial charge in [0.15, 0.2) is 0 Å². The highest BCUT2D eigenvalue weighted by Crippen LogP contribution is 2.58. The maximum absolute atomic E-state index is 12.0. The zero-order valence-corrected chi connectivity index (χ0v) is 14.1. The van der Waals surface area contributed by atoms with Gasteiger partial charge in [-0.05, 0) is 79.7 Å². The average Bonchev–Trinajstić information content (AvgIpc) is 2.96. The van der Waals surface area contributed by atoms with Crippen LogP contribution in [-0.4, -0.2) is 11.1 Å². The minimum atomic E-state index is -0.632. The van der Waals surface area contributed by atoms with E-state index in [1.165, 1.54) is 22.1 Å². The van der Waals surface area contributed by atoms with Gasteiger partial charge in [-0.25, -0.2) is 0 Å². The van der Waals surface area contributed by atoms with Crippen LogP contribution in [0.5, 0.6) is 0 Å². The quantitative estimate of drug-likeness (QED) is 0.820. The molecule has 0 unspecified atom stereocenters. The summed E-state index contributed by atoms with van der Waals surface area (Å²) in [5.74, 6) is -0.437. The van der Waals surface area contributed by atoms with Crippen molar-refractivity contribution in [2.24, 2.45) is 11.3 Å². The number of aryl methyl sites for hydroxylation is 1. The predicted octanol–water partition coefficient (Wildman–Crippen LogP) is 4.84. The summed E-state index contributed by atoms with van der Waals surface area (Å²) < 4.78 is 5.67. The van der Waals surface area contributed by atoms with Crippen molar-refractivity contribution in [3.63, 3.8) is 0 Å². The van der Waals surface area contributed by atoms with Crippen LogP contribution in [0.2, 0.25) is 0 Å². The number of hydrogen-bond acceptors (Lipinski definition) is 2. The molecule has 23 heavy (non-hydrogen) atoms. The maximum atomic E-state index is 12.0. The number of carbonyl (C=O) groups is 1. The summed E-state index contributed by atoms with van der Waals surface area (Å²) in [7, 11) is 0. The smallest absolute Gasteiger partial charge is 0.309 e. The van der Waals surface area contributed by atoms with Gasteiger partial charge in [0.05, 0.1) is 11.7 Å². The summed E-state index contributed by atoms with van der Waals surface area (Å²) in [6.45, 7) is 6.42. The molecule has 1 heterocycles. The first-order valence-corrected chi connectivity index (χ1v) is 8.61. The van der Waals surface area contributed by atoms with Gasteiger partial charge in [-0.1, -0.05) is 13.3 Å². The first-order chi connectivity index (χ1) is 10.9. The van der Waals surface area contributed by atoms with Crippen molar-refractivity contribution in [2.75, 3.05) is 0 Å². The first-order valence-electron chi connectivity index (χ1n) is 8.61. The van der Waals surface area contributed by atoms with E-state index in [0.717, 1.165) is 37.7 Å². The second-order valence-corrected chi connectivity index (χ2v) is 7.94. The van der Waals surface area contributed by atoms with Gasteiger partial charge in [0, 0.05) is 5.39 Å². The normalized spacial score (nSPS) is 33.3. The third-order valence-corrected chi connectivity index (χ3v) is 6.87. The lowest BCUT2D eigenvalue weighted by Crippen LogP contribution is -2.52. The van der Waals surface area contributed by atoms with Crippen LogP contribution in [0.4, 0.5) is 0 Å². The Morgan fingerprint density at radius 2 is 2.13 bits per heavy atom.